The fourth-order valence-corrected chi connectivity index (χ4v) is 1.98. The molecule has 1 aromatic carbocycles. The number of nitrogens with two attached hydrogens (primary N) is 1. The molecular weight excluding hydrogens is 250 g/mol. The predicted octanol–water partition coefficient (Wildman–Crippen LogP) is 3.62. The predicted molar refractivity (Wildman–Crippen MR) is 79.9 cm³/mol. The molecule has 4 heteroatoms. The Labute approximate surface area is 117 Å². The van der Waals surface area contributed by atoms with Crippen molar-refractivity contribution in [3.8, 4) is 11.5 Å². The standard InChI is InChI=1S/C16H15N3O/c1-10-9-14-16(19-11(10)2)15(7-8-18-14)20-13-5-3-12(17)4-6-13/h3-9H,17H2,1-2H3. The quantitative estimate of drug-likeness (QED) is 0.719. The van der Waals surface area contributed by atoms with Crippen molar-refractivity contribution in [1.29, 1.82) is 0 Å². The van der Waals surface area contributed by atoms with Gasteiger partial charge in [0.05, 0.1) is 5.52 Å². The Morgan fingerprint density at radius 1 is 1.05 bits per heavy atom. The molecule has 0 fully saturated rings. The second-order valence-corrected chi connectivity index (χ2v) is 4.74. The van der Waals surface area contributed by atoms with Gasteiger partial charge < -0.3 is 10.5 Å². The van der Waals surface area contributed by atoms with E-state index >= 15 is 0 Å². The summed E-state index contributed by atoms with van der Waals surface area (Å²) in [5.41, 5.74) is 10.1. The molecule has 0 aliphatic rings. The van der Waals surface area contributed by atoms with Crippen LogP contribution in [0.25, 0.3) is 11.0 Å². The Morgan fingerprint density at radius 2 is 1.80 bits per heavy atom. The summed E-state index contributed by atoms with van der Waals surface area (Å²) < 4.78 is 5.88. The van der Waals surface area contributed by atoms with Crippen molar-refractivity contribution < 1.29 is 4.74 Å². The lowest BCUT2D eigenvalue weighted by atomic mass is 10.2. The van der Waals surface area contributed by atoms with E-state index < -0.39 is 0 Å². The third-order valence-corrected chi connectivity index (χ3v) is 3.23. The molecule has 0 bridgehead atoms. The van der Waals surface area contributed by atoms with Gasteiger partial charge in [-0.1, -0.05) is 0 Å². The summed E-state index contributed by atoms with van der Waals surface area (Å²) in [6, 6.07) is 11.1. The minimum Gasteiger partial charge on any atom is -0.455 e. The summed E-state index contributed by atoms with van der Waals surface area (Å²) in [4.78, 5) is 8.91. The second kappa shape index (κ2) is 4.81. The van der Waals surface area contributed by atoms with Crippen LogP contribution in [0.4, 0.5) is 5.69 Å². The van der Waals surface area contributed by atoms with Gasteiger partial charge in [-0.05, 0) is 49.7 Å². The van der Waals surface area contributed by atoms with Crippen LogP contribution in [0.1, 0.15) is 11.3 Å². The number of aryl methyl sites for hydroxylation is 2. The van der Waals surface area contributed by atoms with Gasteiger partial charge in [-0.3, -0.25) is 4.98 Å². The average molecular weight is 265 g/mol. The zero-order valence-electron chi connectivity index (χ0n) is 11.4. The summed E-state index contributed by atoms with van der Waals surface area (Å²) in [7, 11) is 0. The van der Waals surface area contributed by atoms with Crippen molar-refractivity contribution in [2.75, 3.05) is 5.73 Å². The maximum absolute atomic E-state index is 5.88. The van der Waals surface area contributed by atoms with Crippen LogP contribution in [0.2, 0.25) is 0 Å². The molecule has 0 atom stereocenters. The fourth-order valence-electron chi connectivity index (χ4n) is 1.98. The molecular formula is C16H15N3O. The van der Waals surface area contributed by atoms with Crippen molar-refractivity contribution in [2.24, 2.45) is 0 Å². The molecule has 20 heavy (non-hydrogen) atoms. The molecule has 0 amide bonds. The molecule has 3 rings (SSSR count). The van der Waals surface area contributed by atoms with Crippen LogP contribution >= 0.6 is 0 Å². The van der Waals surface area contributed by atoms with Crippen LogP contribution in [0.3, 0.4) is 0 Å². The van der Waals surface area contributed by atoms with E-state index in [0.717, 1.165) is 28.0 Å². The molecule has 0 spiro atoms. The highest BCUT2D eigenvalue weighted by atomic mass is 16.5. The number of fused-ring (bicyclic) bond motifs is 1. The zero-order chi connectivity index (χ0) is 14.1. The van der Waals surface area contributed by atoms with E-state index in [1.54, 1.807) is 6.20 Å². The van der Waals surface area contributed by atoms with Crippen LogP contribution < -0.4 is 10.5 Å². The van der Waals surface area contributed by atoms with E-state index in [9.17, 15) is 0 Å². The largest absolute Gasteiger partial charge is 0.455 e. The molecule has 0 aliphatic carbocycles. The Balaban J connectivity index is 2.07. The lowest BCUT2D eigenvalue weighted by Gasteiger charge is -2.09. The topological polar surface area (TPSA) is 61.0 Å². The first-order valence-corrected chi connectivity index (χ1v) is 6.40. The van der Waals surface area contributed by atoms with Crippen LogP contribution in [0.15, 0.2) is 42.6 Å². The Morgan fingerprint density at radius 3 is 2.55 bits per heavy atom. The normalized spacial score (nSPS) is 10.7. The van der Waals surface area contributed by atoms with Gasteiger partial charge in [0.1, 0.15) is 11.3 Å². The number of ether oxygens (including phenoxy) is 1. The molecule has 0 saturated carbocycles. The Bertz CT molecular complexity index is 767. The van der Waals surface area contributed by atoms with Crippen LogP contribution in [0.5, 0.6) is 11.5 Å². The number of nitrogens with zero attached hydrogens (tertiary/aromatic N) is 2. The summed E-state index contributed by atoms with van der Waals surface area (Å²) in [6.07, 6.45) is 1.73. The maximum atomic E-state index is 5.88. The number of hydrogen-bond acceptors (Lipinski definition) is 4. The zero-order valence-corrected chi connectivity index (χ0v) is 11.4. The third-order valence-electron chi connectivity index (χ3n) is 3.23. The number of aromatic nitrogens is 2. The lowest BCUT2D eigenvalue weighted by Crippen LogP contribution is -1.94. The smallest absolute Gasteiger partial charge is 0.156 e. The average Bonchev–Trinajstić information content (AvgIpc) is 2.43. The summed E-state index contributed by atoms with van der Waals surface area (Å²) in [5.74, 6) is 1.43. The maximum Gasteiger partial charge on any atom is 0.156 e. The molecule has 4 nitrogen and oxygen atoms in total. The highest BCUT2D eigenvalue weighted by Gasteiger charge is 2.08. The molecule has 0 radical (unpaired) electrons. The van der Waals surface area contributed by atoms with Gasteiger partial charge in [0, 0.05) is 23.6 Å². The number of pyridine rings is 2. The van der Waals surface area contributed by atoms with E-state index in [2.05, 4.69) is 9.97 Å². The Kier molecular flexibility index (Phi) is 2.99. The van der Waals surface area contributed by atoms with Crippen molar-refractivity contribution in [3.63, 3.8) is 0 Å². The minimum absolute atomic E-state index is 0.697. The molecule has 0 saturated heterocycles. The number of nitrogen functional groups attached to an aromatic ring is 1. The van der Waals surface area contributed by atoms with Gasteiger partial charge in [0.25, 0.3) is 0 Å². The van der Waals surface area contributed by atoms with Crippen LogP contribution in [-0.4, -0.2) is 9.97 Å². The number of anilines is 1. The van der Waals surface area contributed by atoms with Gasteiger partial charge in [-0.25, -0.2) is 4.98 Å². The first kappa shape index (κ1) is 12.4. The minimum atomic E-state index is 0.697. The van der Waals surface area contributed by atoms with Gasteiger partial charge in [-0.15, -0.1) is 0 Å². The number of benzene rings is 1. The summed E-state index contributed by atoms with van der Waals surface area (Å²) in [6.45, 7) is 4.01. The molecule has 100 valence electrons. The van der Waals surface area contributed by atoms with Crippen molar-refractivity contribution in [2.45, 2.75) is 13.8 Å². The third kappa shape index (κ3) is 2.28. The molecule has 2 N–H and O–H groups in total. The molecule has 3 aromatic rings. The highest BCUT2D eigenvalue weighted by molar-refractivity contribution is 5.81. The Hall–Kier alpha value is -2.62. The fraction of sp³-hybridized carbons (Fsp3) is 0.125. The monoisotopic (exact) mass is 265 g/mol. The van der Waals surface area contributed by atoms with Gasteiger partial charge in [0.15, 0.2) is 5.75 Å². The van der Waals surface area contributed by atoms with Crippen molar-refractivity contribution in [3.05, 3.63) is 53.9 Å². The van der Waals surface area contributed by atoms with Crippen LogP contribution in [-0.2, 0) is 0 Å². The first-order valence-electron chi connectivity index (χ1n) is 6.40. The number of hydrogen-bond donors (Lipinski definition) is 1. The van der Waals surface area contributed by atoms with Crippen molar-refractivity contribution in [1.82, 2.24) is 9.97 Å². The first-order chi connectivity index (χ1) is 9.63. The molecule has 0 aliphatic heterocycles. The summed E-state index contributed by atoms with van der Waals surface area (Å²) >= 11 is 0. The van der Waals surface area contributed by atoms with E-state index in [1.165, 1.54) is 0 Å². The van der Waals surface area contributed by atoms with E-state index in [-0.39, 0.29) is 0 Å². The van der Waals surface area contributed by atoms with E-state index in [0.29, 0.717) is 11.4 Å². The van der Waals surface area contributed by atoms with Gasteiger partial charge >= 0.3 is 0 Å². The molecule has 0 unspecified atom stereocenters. The molecule has 2 aromatic heterocycles. The van der Waals surface area contributed by atoms with Crippen molar-refractivity contribution >= 4 is 16.7 Å². The second-order valence-electron chi connectivity index (χ2n) is 4.74. The summed E-state index contributed by atoms with van der Waals surface area (Å²) in [5, 5.41) is 0. The molecule has 2 heterocycles. The van der Waals surface area contributed by atoms with E-state index in [4.69, 9.17) is 10.5 Å². The highest BCUT2D eigenvalue weighted by Crippen LogP contribution is 2.28. The van der Waals surface area contributed by atoms with Gasteiger partial charge in [0.2, 0.25) is 0 Å². The number of rotatable bonds is 2. The van der Waals surface area contributed by atoms with Crippen LogP contribution in [0, 0.1) is 13.8 Å². The van der Waals surface area contributed by atoms with E-state index in [1.807, 2.05) is 50.2 Å². The SMILES string of the molecule is Cc1cc2nccc(Oc3ccc(N)cc3)c2nc1C. The lowest BCUT2D eigenvalue weighted by molar-refractivity contribution is 0.486. The van der Waals surface area contributed by atoms with Gasteiger partial charge in [-0.2, -0.15) is 0 Å².